The second-order valence-corrected chi connectivity index (χ2v) is 9.78. The number of hydrogen-bond donors (Lipinski definition) is 3. The van der Waals surface area contributed by atoms with Crippen LogP contribution in [0, 0.1) is 5.82 Å². The van der Waals surface area contributed by atoms with E-state index >= 15 is 0 Å². The summed E-state index contributed by atoms with van der Waals surface area (Å²) >= 11 is 0. The fourth-order valence-electron chi connectivity index (χ4n) is 4.66. The molecule has 0 radical (unpaired) electrons. The first kappa shape index (κ1) is 32.7. The minimum absolute atomic E-state index is 0.172. The van der Waals surface area contributed by atoms with E-state index in [1.165, 1.54) is 55.4 Å². The Bertz CT molecular complexity index is 1030. The summed E-state index contributed by atoms with van der Waals surface area (Å²) in [5.41, 5.74) is 8.01. The normalized spacial score (nSPS) is 14.0. The van der Waals surface area contributed by atoms with Gasteiger partial charge in [0.05, 0.1) is 13.2 Å². The van der Waals surface area contributed by atoms with Crippen molar-refractivity contribution < 1.29 is 33.4 Å². The fraction of sp³-hybridized carbons (Fsp3) is 0.500. The highest BCUT2D eigenvalue weighted by atomic mass is 19.1. The summed E-state index contributed by atoms with van der Waals surface area (Å²) in [5, 5.41) is 10.4. The average molecular weight is 560 g/mol. The standard InChI is InChI=1S/C21H33NO3.C9H9FN2O3/c1-24-16-14-22(15-17-25-2)21(23)13-10-18-8-11-20(12-9-18)19-6-4-3-5-7-19;10-6-3-1-5(2-4-6)7(8(11)13)12-9(14)15/h8-9,11-12,19H,3-7,10,13-17H2,1-2H3;1-4,7,12H,(H2,11,13)(H,14,15)/t;7-/m.1/s1. The molecule has 220 valence electrons. The van der Waals surface area contributed by atoms with E-state index in [0.29, 0.717) is 38.3 Å². The Hall–Kier alpha value is -3.50. The van der Waals surface area contributed by atoms with E-state index in [1.807, 2.05) is 10.2 Å². The van der Waals surface area contributed by atoms with Crippen LogP contribution in [0.15, 0.2) is 48.5 Å². The zero-order chi connectivity index (χ0) is 29.3. The SMILES string of the molecule is COCCN(CCOC)C(=O)CCc1ccc(C2CCCCC2)cc1.NC(=O)[C@H](NC(=O)O)c1ccc(F)cc1. The number of carbonyl (C=O) groups is 3. The summed E-state index contributed by atoms with van der Waals surface area (Å²) in [4.78, 5) is 35.6. The van der Waals surface area contributed by atoms with Gasteiger partial charge in [0, 0.05) is 33.7 Å². The summed E-state index contributed by atoms with van der Waals surface area (Å²) in [7, 11) is 3.32. The van der Waals surface area contributed by atoms with Crippen molar-refractivity contribution in [3.63, 3.8) is 0 Å². The van der Waals surface area contributed by atoms with Gasteiger partial charge in [0.15, 0.2) is 0 Å². The highest BCUT2D eigenvalue weighted by Crippen LogP contribution is 2.32. The maximum atomic E-state index is 12.6. The number of ether oxygens (including phenoxy) is 2. The predicted octanol–water partition coefficient (Wildman–Crippen LogP) is 4.41. The van der Waals surface area contributed by atoms with E-state index in [9.17, 15) is 18.8 Å². The van der Waals surface area contributed by atoms with Gasteiger partial charge in [0.25, 0.3) is 0 Å². The predicted molar refractivity (Wildman–Crippen MR) is 150 cm³/mol. The largest absolute Gasteiger partial charge is 0.465 e. The Kier molecular flexibility index (Phi) is 14.7. The van der Waals surface area contributed by atoms with Crippen LogP contribution < -0.4 is 11.1 Å². The third-order valence-electron chi connectivity index (χ3n) is 6.92. The summed E-state index contributed by atoms with van der Waals surface area (Å²) < 4.78 is 22.8. The number of carboxylic acid groups (broad SMARTS) is 1. The molecule has 9 nitrogen and oxygen atoms in total. The van der Waals surface area contributed by atoms with E-state index in [2.05, 4.69) is 24.3 Å². The molecule has 3 amide bonds. The molecule has 4 N–H and O–H groups in total. The Balaban J connectivity index is 0.000000319. The van der Waals surface area contributed by atoms with Gasteiger partial charge in [-0.15, -0.1) is 0 Å². The molecule has 2 aromatic carbocycles. The number of amides is 3. The molecule has 1 aliphatic carbocycles. The lowest BCUT2D eigenvalue weighted by molar-refractivity contribution is -0.132. The lowest BCUT2D eigenvalue weighted by atomic mass is 9.84. The van der Waals surface area contributed by atoms with E-state index in [4.69, 9.17) is 20.3 Å². The topological polar surface area (TPSA) is 131 Å². The molecule has 3 rings (SSSR count). The van der Waals surface area contributed by atoms with Crippen LogP contribution in [0.3, 0.4) is 0 Å². The Labute approximate surface area is 235 Å². The Morgan fingerprint density at radius 3 is 2.05 bits per heavy atom. The third-order valence-corrected chi connectivity index (χ3v) is 6.92. The molecule has 0 bridgehead atoms. The van der Waals surface area contributed by atoms with Crippen LogP contribution in [0.4, 0.5) is 9.18 Å². The lowest BCUT2D eigenvalue weighted by Crippen LogP contribution is -2.36. The molecule has 1 atom stereocenters. The van der Waals surface area contributed by atoms with Gasteiger partial charge in [-0.1, -0.05) is 55.7 Å². The van der Waals surface area contributed by atoms with Crippen molar-refractivity contribution in [3.05, 3.63) is 71.0 Å². The number of nitrogens with two attached hydrogens (primary N) is 1. The number of halogens is 1. The second-order valence-electron chi connectivity index (χ2n) is 9.78. The monoisotopic (exact) mass is 559 g/mol. The summed E-state index contributed by atoms with van der Waals surface area (Å²) in [6.07, 6.45) is 6.72. The summed E-state index contributed by atoms with van der Waals surface area (Å²) in [5.74, 6) is -0.408. The molecule has 1 fully saturated rings. The van der Waals surface area contributed by atoms with Crippen molar-refractivity contribution in [2.45, 2.75) is 56.9 Å². The number of methoxy groups -OCH3 is 2. The van der Waals surface area contributed by atoms with Crippen LogP contribution >= 0.6 is 0 Å². The number of nitrogens with one attached hydrogen (secondary N) is 1. The van der Waals surface area contributed by atoms with Crippen molar-refractivity contribution in [1.82, 2.24) is 10.2 Å². The Morgan fingerprint density at radius 1 is 0.975 bits per heavy atom. The zero-order valence-electron chi connectivity index (χ0n) is 23.4. The van der Waals surface area contributed by atoms with Gasteiger partial charge in [-0.3, -0.25) is 9.59 Å². The highest BCUT2D eigenvalue weighted by molar-refractivity contribution is 5.85. The van der Waals surface area contributed by atoms with Crippen LogP contribution in [-0.2, 0) is 25.5 Å². The molecule has 0 saturated heterocycles. The first-order valence-electron chi connectivity index (χ1n) is 13.6. The molecule has 40 heavy (non-hydrogen) atoms. The number of hydrogen-bond acceptors (Lipinski definition) is 5. The molecular weight excluding hydrogens is 517 g/mol. The van der Waals surface area contributed by atoms with Crippen molar-refractivity contribution in [1.29, 1.82) is 0 Å². The molecule has 0 unspecified atom stereocenters. The maximum absolute atomic E-state index is 12.6. The molecule has 10 heteroatoms. The summed E-state index contributed by atoms with van der Waals surface area (Å²) in [6, 6.07) is 12.6. The van der Waals surface area contributed by atoms with E-state index in [-0.39, 0.29) is 5.91 Å². The third kappa shape index (κ3) is 11.7. The number of carbonyl (C=O) groups excluding carboxylic acids is 2. The summed E-state index contributed by atoms with van der Waals surface area (Å²) in [6.45, 7) is 2.37. The van der Waals surface area contributed by atoms with Crippen LogP contribution in [0.25, 0.3) is 0 Å². The molecule has 0 aliphatic heterocycles. The maximum Gasteiger partial charge on any atom is 0.405 e. The molecule has 0 aromatic heterocycles. The van der Waals surface area contributed by atoms with E-state index < -0.39 is 23.9 Å². The van der Waals surface area contributed by atoms with Gasteiger partial charge >= 0.3 is 6.09 Å². The second kappa shape index (κ2) is 18.0. The zero-order valence-corrected chi connectivity index (χ0v) is 23.4. The minimum Gasteiger partial charge on any atom is -0.465 e. The van der Waals surface area contributed by atoms with Crippen LogP contribution in [0.1, 0.15) is 67.2 Å². The lowest BCUT2D eigenvalue weighted by Gasteiger charge is -2.23. The quantitative estimate of drug-likeness (QED) is 0.333. The van der Waals surface area contributed by atoms with Crippen LogP contribution in [0.2, 0.25) is 0 Å². The first-order chi connectivity index (χ1) is 19.2. The van der Waals surface area contributed by atoms with Gasteiger partial charge in [-0.05, 0) is 54.0 Å². The molecule has 1 saturated carbocycles. The van der Waals surface area contributed by atoms with E-state index in [1.54, 1.807) is 14.2 Å². The van der Waals surface area contributed by atoms with Gasteiger partial charge in [-0.2, -0.15) is 0 Å². The van der Waals surface area contributed by atoms with Gasteiger partial charge in [-0.25, -0.2) is 9.18 Å². The minimum atomic E-state index is -1.37. The fourth-order valence-corrected chi connectivity index (χ4v) is 4.66. The molecular formula is C30H42FN3O6. The van der Waals surface area contributed by atoms with E-state index in [0.717, 1.165) is 24.5 Å². The molecule has 0 heterocycles. The van der Waals surface area contributed by atoms with Gasteiger partial charge in [0.1, 0.15) is 11.9 Å². The number of nitrogens with zero attached hydrogens (tertiary/aromatic N) is 1. The van der Waals surface area contributed by atoms with Crippen molar-refractivity contribution in [2.24, 2.45) is 5.73 Å². The van der Waals surface area contributed by atoms with Crippen molar-refractivity contribution in [2.75, 3.05) is 40.5 Å². The van der Waals surface area contributed by atoms with Crippen LogP contribution in [-0.4, -0.2) is 68.4 Å². The van der Waals surface area contributed by atoms with Crippen LogP contribution in [0.5, 0.6) is 0 Å². The number of rotatable bonds is 13. The molecule has 1 aliphatic rings. The van der Waals surface area contributed by atoms with Crippen molar-refractivity contribution >= 4 is 17.9 Å². The average Bonchev–Trinajstić information content (AvgIpc) is 2.96. The number of benzene rings is 2. The smallest absolute Gasteiger partial charge is 0.405 e. The van der Waals surface area contributed by atoms with Gasteiger partial charge < -0.3 is 30.5 Å². The Morgan fingerprint density at radius 2 is 1.55 bits per heavy atom. The number of aryl methyl sites for hydroxylation is 1. The van der Waals surface area contributed by atoms with Crippen molar-refractivity contribution in [3.8, 4) is 0 Å². The van der Waals surface area contributed by atoms with Gasteiger partial charge in [0.2, 0.25) is 11.8 Å². The number of primary amides is 1. The highest BCUT2D eigenvalue weighted by Gasteiger charge is 2.19. The molecule has 0 spiro atoms. The molecule has 2 aromatic rings. The first-order valence-corrected chi connectivity index (χ1v) is 13.6.